The van der Waals surface area contributed by atoms with Crippen LogP contribution in [0.1, 0.15) is 29.8 Å². The lowest BCUT2D eigenvalue weighted by molar-refractivity contribution is 0.548. The number of hydrogen-bond donors (Lipinski definition) is 1. The second-order valence-electron chi connectivity index (χ2n) is 4.45. The van der Waals surface area contributed by atoms with E-state index in [9.17, 15) is 0 Å². The summed E-state index contributed by atoms with van der Waals surface area (Å²) in [7, 11) is 0. The smallest absolute Gasteiger partial charge is 0.117 e. The topological polar surface area (TPSA) is 29.9 Å². The molecule has 0 bridgehead atoms. The van der Waals surface area contributed by atoms with E-state index in [1.807, 2.05) is 6.20 Å². The van der Waals surface area contributed by atoms with Crippen molar-refractivity contribution in [2.45, 2.75) is 25.9 Å². The van der Waals surface area contributed by atoms with Crippen molar-refractivity contribution in [2.24, 2.45) is 0 Å². The fourth-order valence-electron chi connectivity index (χ4n) is 2.62. The standard InChI is InChI=1S/C14H17N3/c1-2-17-8-7-16-14(17)13-10-15-9-11-5-3-4-6-12(11)13/h3-8,13,15H,2,9-10H2,1H3. The van der Waals surface area contributed by atoms with Gasteiger partial charge in [-0.1, -0.05) is 24.3 Å². The fraction of sp³-hybridized carbons (Fsp3) is 0.357. The van der Waals surface area contributed by atoms with Gasteiger partial charge in [0.2, 0.25) is 0 Å². The maximum Gasteiger partial charge on any atom is 0.117 e. The number of benzene rings is 1. The summed E-state index contributed by atoms with van der Waals surface area (Å²) in [6.45, 7) is 5.09. The maximum absolute atomic E-state index is 4.53. The molecule has 0 fully saturated rings. The summed E-state index contributed by atoms with van der Waals surface area (Å²) >= 11 is 0. The molecular formula is C14H17N3. The summed E-state index contributed by atoms with van der Waals surface area (Å²) in [5, 5.41) is 3.48. The third-order valence-electron chi connectivity index (χ3n) is 3.49. The number of nitrogens with one attached hydrogen (secondary N) is 1. The first kappa shape index (κ1) is 10.5. The van der Waals surface area contributed by atoms with Crippen molar-refractivity contribution in [2.75, 3.05) is 6.54 Å². The molecule has 0 saturated heterocycles. The van der Waals surface area contributed by atoms with Gasteiger partial charge in [-0.05, 0) is 18.1 Å². The highest BCUT2D eigenvalue weighted by molar-refractivity contribution is 5.36. The number of imidazole rings is 1. The van der Waals surface area contributed by atoms with Crippen molar-refractivity contribution in [1.29, 1.82) is 0 Å². The molecule has 3 heteroatoms. The average molecular weight is 227 g/mol. The highest BCUT2D eigenvalue weighted by Gasteiger charge is 2.24. The molecule has 17 heavy (non-hydrogen) atoms. The first-order valence-electron chi connectivity index (χ1n) is 6.19. The van der Waals surface area contributed by atoms with Crippen molar-refractivity contribution in [3.8, 4) is 0 Å². The van der Waals surface area contributed by atoms with E-state index in [1.165, 1.54) is 17.0 Å². The van der Waals surface area contributed by atoms with Crippen LogP contribution in [0, 0.1) is 0 Å². The van der Waals surface area contributed by atoms with Crippen LogP contribution in [0.15, 0.2) is 36.7 Å². The molecule has 0 saturated carbocycles. The van der Waals surface area contributed by atoms with Crippen LogP contribution < -0.4 is 5.32 Å². The number of aryl methyl sites for hydroxylation is 1. The molecule has 3 rings (SSSR count). The van der Waals surface area contributed by atoms with Gasteiger partial charge in [0.05, 0.1) is 5.92 Å². The zero-order chi connectivity index (χ0) is 11.7. The van der Waals surface area contributed by atoms with E-state index >= 15 is 0 Å². The Kier molecular flexibility index (Phi) is 2.69. The Hall–Kier alpha value is -1.61. The lowest BCUT2D eigenvalue weighted by atomic mass is 9.90. The van der Waals surface area contributed by atoms with Gasteiger partial charge in [-0.15, -0.1) is 0 Å². The van der Waals surface area contributed by atoms with E-state index < -0.39 is 0 Å². The van der Waals surface area contributed by atoms with Gasteiger partial charge in [-0.2, -0.15) is 0 Å². The van der Waals surface area contributed by atoms with E-state index in [0.29, 0.717) is 5.92 Å². The monoisotopic (exact) mass is 227 g/mol. The zero-order valence-corrected chi connectivity index (χ0v) is 10.1. The number of hydrogen-bond acceptors (Lipinski definition) is 2. The zero-order valence-electron chi connectivity index (χ0n) is 10.1. The van der Waals surface area contributed by atoms with Crippen LogP contribution >= 0.6 is 0 Å². The molecule has 1 aromatic carbocycles. The lowest BCUT2D eigenvalue weighted by Crippen LogP contribution is -2.30. The molecular weight excluding hydrogens is 210 g/mol. The Balaban J connectivity index is 2.06. The maximum atomic E-state index is 4.53. The van der Waals surface area contributed by atoms with Crippen LogP contribution in [0.4, 0.5) is 0 Å². The third-order valence-corrected chi connectivity index (χ3v) is 3.49. The van der Waals surface area contributed by atoms with Crippen LogP contribution in [0.2, 0.25) is 0 Å². The SMILES string of the molecule is CCn1ccnc1C1CNCc2ccccc21. The molecule has 2 heterocycles. The van der Waals surface area contributed by atoms with Crippen molar-refractivity contribution in [3.63, 3.8) is 0 Å². The molecule has 0 aliphatic carbocycles. The van der Waals surface area contributed by atoms with E-state index in [-0.39, 0.29) is 0 Å². The van der Waals surface area contributed by atoms with Crippen molar-refractivity contribution >= 4 is 0 Å². The predicted molar refractivity (Wildman–Crippen MR) is 67.9 cm³/mol. The molecule has 1 N–H and O–H groups in total. The summed E-state index contributed by atoms with van der Waals surface area (Å²) in [4.78, 5) is 4.53. The van der Waals surface area contributed by atoms with Crippen LogP contribution in [0.3, 0.4) is 0 Å². The molecule has 88 valence electrons. The van der Waals surface area contributed by atoms with Crippen LogP contribution in [-0.4, -0.2) is 16.1 Å². The minimum absolute atomic E-state index is 0.384. The van der Waals surface area contributed by atoms with Crippen molar-refractivity contribution in [1.82, 2.24) is 14.9 Å². The molecule has 1 unspecified atom stereocenters. The molecule has 1 aliphatic rings. The van der Waals surface area contributed by atoms with Gasteiger partial charge >= 0.3 is 0 Å². The van der Waals surface area contributed by atoms with Crippen LogP contribution in [0.25, 0.3) is 0 Å². The molecule has 0 radical (unpaired) electrons. The highest BCUT2D eigenvalue weighted by Crippen LogP contribution is 2.28. The Bertz CT molecular complexity index is 516. The largest absolute Gasteiger partial charge is 0.335 e. The normalized spacial score (nSPS) is 19.0. The highest BCUT2D eigenvalue weighted by atomic mass is 15.1. The van der Waals surface area contributed by atoms with Gasteiger partial charge in [0.25, 0.3) is 0 Å². The van der Waals surface area contributed by atoms with E-state index in [2.05, 4.69) is 52.3 Å². The quantitative estimate of drug-likeness (QED) is 0.852. The van der Waals surface area contributed by atoms with Gasteiger partial charge in [-0.25, -0.2) is 4.98 Å². The minimum Gasteiger partial charge on any atom is -0.335 e. The number of nitrogens with zero attached hydrogens (tertiary/aromatic N) is 2. The van der Waals surface area contributed by atoms with Gasteiger partial charge in [0.1, 0.15) is 5.82 Å². The number of fused-ring (bicyclic) bond motifs is 1. The van der Waals surface area contributed by atoms with E-state index in [1.54, 1.807) is 0 Å². The molecule has 3 nitrogen and oxygen atoms in total. The summed E-state index contributed by atoms with van der Waals surface area (Å²) in [6.07, 6.45) is 3.96. The predicted octanol–water partition coefficient (Wildman–Crippen LogP) is 2.14. The van der Waals surface area contributed by atoms with E-state index in [0.717, 1.165) is 19.6 Å². The number of rotatable bonds is 2. The first-order chi connectivity index (χ1) is 8.40. The minimum atomic E-state index is 0.384. The average Bonchev–Trinajstić information content (AvgIpc) is 2.86. The van der Waals surface area contributed by atoms with Crippen molar-refractivity contribution in [3.05, 3.63) is 53.6 Å². The van der Waals surface area contributed by atoms with E-state index in [4.69, 9.17) is 0 Å². The molecule has 1 aromatic heterocycles. The van der Waals surface area contributed by atoms with Gasteiger partial charge < -0.3 is 9.88 Å². The summed E-state index contributed by atoms with van der Waals surface area (Å²) in [5.41, 5.74) is 2.82. The third kappa shape index (κ3) is 1.76. The second kappa shape index (κ2) is 4.34. The molecule has 1 aliphatic heterocycles. The first-order valence-corrected chi connectivity index (χ1v) is 6.19. The Morgan fingerprint density at radius 2 is 2.29 bits per heavy atom. The molecule has 0 amide bonds. The molecule has 1 atom stereocenters. The van der Waals surface area contributed by atoms with Crippen molar-refractivity contribution < 1.29 is 0 Å². The van der Waals surface area contributed by atoms with Gasteiger partial charge in [-0.3, -0.25) is 0 Å². The Labute approximate surface area is 101 Å². The fourth-order valence-corrected chi connectivity index (χ4v) is 2.62. The Morgan fingerprint density at radius 1 is 1.41 bits per heavy atom. The second-order valence-corrected chi connectivity index (χ2v) is 4.45. The summed E-state index contributed by atoms with van der Waals surface area (Å²) < 4.78 is 2.23. The summed E-state index contributed by atoms with van der Waals surface area (Å²) in [6, 6.07) is 8.66. The van der Waals surface area contributed by atoms with Crippen LogP contribution in [0.5, 0.6) is 0 Å². The Morgan fingerprint density at radius 3 is 3.18 bits per heavy atom. The molecule has 0 spiro atoms. The van der Waals surface area contributed by atoms with Gasteiger partial charge in [0, 0.05) is 32.0 Å². The molecule has 2 aromatic rings. The summed E-state index contributed by atoms with van der Waals surface area (Å²) in [5.74, 6) is 1.56. The lowest BCUT2D eigenvalue weighted by Gasteiger charge is -2.26. The number of aromatic nitrogens is 2. The van der Waals surface area contributed by atoms with Crippen LogP contribution in [-0.2, 0) is 13.1 Å². The van der Waals surface area contributed by atoms with Gasteiger partial charge in [0.15, 0.2) is 0 Å².